The van der Waals surface area contributed by atoms with Crippen molar-refractivity contribution in [3.8, 4) is 11.5 Å². The number of anilines is 2. The van der Waals surface area contributed by atoms with Gasteiger partial charge in [0.15, 0.2) is 11.5 Å². The van der Waals surface area contributed by atoms with Gasteiger partial charge in [0, 0.05) is 11.3 Å². The highest BCUT2D eigenvalue weighted by Gasteiger charge is 2.50. The van der Waals surface area contributed by atoms with Crippen molar-refractivity contribution in [2.24, 2.45) is 0 Å². The highest BCUT2D eigenvalue weighted by atomic mass is 16.5. The maximum absolute atomic E-state index is 13.7. The predicted molar refractivity (Wildman–Crippen MR) is 131 cm³/mol. The number of rotatable bonds is 5. The number of hydrogen-bond donors (Lipinski definition) is 2. The van der Waals surface area contributed by atoms with Gasteiger partial charge in [-0.3, -0.25) is 19.3 Å². The first-order valence-corrected chi connectivity index (χ1v) is 11.2. The van der Waals surface area contributed by atoms with Gasteiger partial charge in [0.05, 0.1) is 48.4 Å². The number of imidazole rings is 1. The van der Waals surface area contributed by atoms with Crippen LogP contribution >= 0.6 is 0 Å². The van der Waals surface area contributed by atoms with E-state index in [-0.39, 0.29) is 24.1 Å². The Kier molecular flexibility index (Phi) is 4.89. The Morgan fingerprint density at radius 1 is 1.06 bits per heavy atom. The van der Waals surface area contributed by atoms with Crippen LogP contribution in [0.15, 0.2) is 60.9 Å². The van der Waals surface area contributed by atoms with Crippen LogP contribution in [-0.2, 0) is 4.79 Å². The number of hydrogen-bond acceptors (Lipinski definition) is 6. The lowest BCUT2D eigenvalue weighted by molar-refractivity contribution is -0.117. The quantitative estimate of drug-likeness (QED) is 0.450. The van der Waals surface area contributed by atoms with Gasteiger partial charge in [0.2, 0.25) is 5.91 Å². The second-order valence-electron chi connectivity index (χ2n) is 8.45. The number of amides is 3. The number of carbonyl (C=O) groups is 3. The van der Waals surface area contributed by atoms with Crippen LogP contribution in [0, 0.1) is 0 Å². The van der Waals surface area contributed by atoms with Crippen LogP contribution in [0.4, 0.5) is 11.4 Å². The van der Waals surface area contributed by atoms with Crippen molar-refractivity contribution in [3.05, 3.63) is 77.6 Å². The number of fused-ring (bicyclic) bond motifs is 6. The van der Waals surface area contributed by atoms with E-state index in [9.17, 15) is 14.4 Å². The van der Waals surface area contributed by atoms with Gasteiger partial charge in [0.25, 0.3) is 11.8 Å². The Morgan fingerprint density at radius 2 is 1.89 bits per heavy atom. The Bertz CT molecular complexity index is 1560. The molecule has 10 nitrogen and oxygen atoms in total. The molecule has 0 radical (unpaired) electrons. The van der Waals surface area contributed by atoms with E-state index < -0.39 is 12.1 Å². The number of nitrogens with zero attached hydrogens (tertiary/aromatic N) is 3. The predicted octanol–water partition coefficient (Wildman–Crippen LogP) is 3.33. The van der Waals surface area contributed by atoms with E-state index in [1.807, 2.05) is 0 Å². The minimum atomic E-state index is -0.810. The molecule has 3 aromatic carbocycles. The lowest BCUT2D eigenvalue weighted by atomic mass is 10.0. The van der Waals surface area contributed by atoms with Gasteiger partial charge < -0.3 is 24.7 Å². The Hall–Kier alpha value is -4.86. The van der Waals surface area contributed by atoms with Crippen molar-refractivity contribution >= 4 is 40.1 Å². The molecule has 3 heterocycles. The molecule has 4 aromatic rings. The highest BCUT2D eigenvalue weighted by Crippen LogP contribution is 2.49. The number of aromatic amines is 1. The molecule has 0 spiro atoms. The van der Waals surface area contributed by atoms with E-state index in [0.717, 1.165) is 11.0 Å². The molecule has 0 saturated heterocycles. The molecule has 2 N–H and O–H groups in total. The van der Waals surface area contributed by atoms with Crippen molar-refractivity contribution in [3.63, 3.8) is 0 Å². The van der Waals surface area contributed by atoms with Crippen LogP contribution in [0.2, 0.25) is 0 Å². The number of benzene rings is 3. The van der Waals surface area contributed by atoms with Crippen LogP contribution < -0.4 is 19.7 Å². The van der Waals surface area contributed by atoms with Gasteiger partial charge in [-0.25, -0.2) is 4.98 Å². The van der Waals surface area contributed by atoms with E-state index in [0.29, 0.717) is 33.8 Å². The first-order valence-electron chi connectivity index (χ1n) is 11.2. The largest absolute Gasteiger partial charge is 0.493 e. The molecule has 0 fully saturated rings. The summed E-state index contributed by atoms with van der Waals surface area (Å²) in [7, 11) is 2.95. The second kappa shape index (κ2) is 8.12. The van der Waals surface area contributed by atoms with Crippen molar-refractivity contribution < 1.29 is 23.9 Å². The molecule has 36 heavy (non-hydrogen) atoms. The molecule has 0 unspecified atom stereocenters. The highest BCUT2D eigenvalue weighted by molar-refractivity contribution is 6.18. The van der Waals surface area contributed by atoms with E-state index >= 15 is 0 Å². The summed E-state index contributed by atoms with van der Waals surface area (Å²) in [6, 6.07) is 15.6. The summed E-state index contributed by atoms with van der Waals surface area (Å²) in [5, 5.41) is 2.84. The van der Waals surface area contributed by atoms with Gasteiger partial charge in [-0.2, -0.15) is 0 Å². The lowest BCUT2D eigenvalue weighted by Gasteiger charge is -2.40. The minimum Gasteiger partial charge on any atom is -0.493 e. The zero-order valence-electron chi connectivity index (χ0n) is 19.4. The van der Waals surface area contributed by atoms with Crippen molar-refractivity contribution in [2.75, 3.05) is 31.0 Å². The zero-order valence-corrected chi connectivity index (χ0v) is 19.4. The summed E-state index contributed by atoms with van der Waals surface area (Å²) in [4.78, 5) is 50.6. The molecule has 1 atom stereocenters. The van der Waals surface area contributed by atoms with Crippen molar-refractivity contribution in [2.45, 2.75) is 6.17 Å². The minimum absolute atomic E-state index is 0.267. The third-order valence-corrected chi connectivity index (χ3v) is 6.50. The Morgan fingerprint density at radius 3 is 2.69 bits per heavy atom. The number of methoxy groups -OCH3 is 2. The molecule has 2 aliphatic rings. The molecule has 0 bridgehead atoms. The Labute approximate surface area is 205 Å². The fraction of sp³-hybridized carbons (Fsp3) is 0.154. The fourth-order valence-electron chi connectivity index (χ4n) is 4.95. The van der Waals surface area contributed by atoms with E-state index in [4.69, 9.17) is 9.47 Å². The van der Waals surface area contributed by atoms with Crippen LogP contribution in [0.1, 0.15) is 32.4 Å². The number of para-hydroxylation sites is 1. The van der Waals surface area contributed by atoms with Gasteiger partial charge >= 0.3 is 0 Å². The normalized spacial score (nSPS) is 16.0. The summed E-state index contributed by atoms with van der Waals surface area (Å²) in [6.45, 7) is -0.267. The molecule has 6 rings (SSSR count). The van der Waals surface area contributed by atoms with Crippen LogP contribution in [0.5, 0.6) is 11.5 Å². The molecule has 2 aliphatic heterocycles. The molecule has 1 aromatic heterocycles. The van der Waals surface area contributed by atoms with Crippen molar-refractivity contribution in [1.29, 1.82) is 0 Å². The number of ether oxygens (including phenoxy) is 2. The monoisotopic (exact) mass is 483 g/mol. The summed E-state index contributed by atoms with van der Waals surface area (Å²) < 4.78 is 10.9. The summed E-state index contributed by atoms with van der Waals surface area (Å²) >= 11 is 0. The maximum Gasteiger partial charge on any atom is 0.264 e. The summed E-state index contributed by atoms with van der Waals surface area (Å²) in [6.07, 6.45) is 0.766. The Balaban J connectivity index is 1.40. The molecule has 10 heteroatoms. The van der Waals surface area contributed by atoms with Crippen molar-refractivity contribution in [1.82, 2.24) is 14.9 Å². The number of nitrogens with one attached hydrogen (secondary N) is 2. The molecule has 3 amide bonds. The second-order valence-corrected chi connectivity index (χ2v) is 8.45. The average Bonchev–Trinajstić information content (AvgIpc) is 3.48. The zero-order chi connectivity index (χ0) is 25.0. The smallest absolute Gasteiger partial charge is 0.264 e. The van der Waals surface area contributed by atoms with Gasteiger partial charge in [-0.15, -0.1) is 0 Å². The third kappa shape index (κ3) is 3.11. The molecule has 0 saturated carbocycles. The SMILES string of the molecule is COc1ccc2c(c1OC)C(=O)N1c3ccccc3C(=O)N(CC(=O)Nc3ccc4nc[nH]c4c3)[C@@H]21. The van der Waals surface area contributed by atoms with Crippen LogP contribution in [0.3, 0.4) is 0 Å². The first kappa shape index (κ1) is 21.7. The van der Waals surface area contributed by atoms with E-state index in [1.54, 1.807) is 60.9 Å². The number of aromatic nitrogens is 2. The molecular weight excluding hydrogens is 462 g/mol. The molecule has 0 aliphatic carbocycles. The molecule has 180 valence electrons. The van der Waals surface area contributed by atoms with Gasteiger partial charge in [-0.1, -0.05) is 18.2 Å². The lowest BCUT2D eigenvalue weighted by Crippen LogP contribution is -2.50. The number of H-pyrrole nitrogens is 1. The summed E-state index contributed by atoms with van der Waals surface area (Å²) in [5.41, 5.74) is 3.81. The van der Waals surface area contributed by atoms with Crippen LogP contribution in [-0.4, -0.2) is 53.4 Å². The average molecular weight is 483 g/mol. The first-order chi connectivity index (χ1) is 17.5. The van der Waals surface area contributed by atoms with Gasteiger partial charge in [-0.05, 0) is 36.4 Å². The van der Waals surface area contributed by atoms with E-state index in [1.165, 1.54) is 24.0 Å². The maximum atomic E-state index is 13.7. The van der Waals surface area contributed by atoms with Crippen LogP contribution in [0.25, 0.3) is 11.0 Å². The summed E-state index contributed by atoms with van der Waals surface area (Å²) in [5.74, 6) is -0.385. The topological polar surface area (TPSA) is 117 Å². The third-order valence-electron chi connectivity index (χ3n) is 6.50. The van der Waals surface area contributed by atoms with E-state index in [2.05, 4.69) is 15.3 Å². The number of carbonyl (C=O) groups excluding carboxylic acids is 3. The standard InChI is InChI=1S/C26H21N5O5/c1-35-20-10-8-16-22(23(20)36-2)26(34)31-19-6-4-3-5-15(19)25(33)30(24(16)31)12-21(32)29-14-7-9-17-18(11-14)28-13-27-17/h3-11,13,24H,12H2,1-2H3,(H,27,28)(H,29,32)/t24-/m1/s1. The van der Waals surface area contributed by atoms with Gasteiger partial charge in [0.1, 0.15) is 12.7 Å². The molecular formula is C26H21N5O5. The fourth-order valence-corrected chi connectivity index (χ4v) is 4.95.